The quantitative estimate of drug-likeness (QED) is 0.873. The van der Waals surface area contributed by atoms with Crippen LogP contribution in [0.4, 0.5) is 0 Å². The minimum absolute atomic E-state index is 0.517. The van der Waals surface area contributed by atoms with Crippen molar-refractivity contribution >= 4 is 5.97 Å². The Morgan fingerprint density at radius 3 is 2.55 bits per heavy atom. The van der Waals surface area contributed by atoms with Gasteiger partial charge in [0, 0.05) is 24.7 Å². The summed E-state index contributed by atoms with van der Waals surface area (Å²) in [5, 5.41) is 9.56. The molecule has 1 saturated heterocycles. The summed E-state index contributed by atoms with van der Waals surface area (Å²) in [6, 6.07) is 4.45. The van der Waals surface area contributed by atoms with Crippen LogP contribution >= 0.6 is 0 Å². The summed E-state index contributed by atoms with van der Waals surface area (Å²) in [6.45, 7) is 2.27. The molecule has 0 bridgehead atoms. The van der Waals surface area contributed by atoms with E-state index in [2.05, 4.69) is 0 Å². The Hall–Kier alpha value is -1.79. The van der Waals surface area contributed by atoms with Gasteiger partial charge in [0.1, 0.15) is 17.5 Å². The number of nitrogens with zero attached hydrogens (tertiary/aromatic N) is 1. The molecule has 1 unspecified atom stereocenters. The van der Waals surface area contributed by atoms with E-state index in [0.717, 1.165) is 0 Å². The topological polar surface area (TPSA) is 68.2 Å². The number of morpholine rings is 1. The zero-order valence-corrected chi connectivity index (χ0v) is 11.7. The highest BCUT2D eigenvalue weighted by Crippen LogP contribution is 2.33. The number of ether oxygens (including phenoxy) is 3. The van der Waals surface area contributed by atoms with Crippen LogP contribution in [0.5, 0.6) is 11.5 Å². The molecule has 0 spiro atoms. The van der Waals surface area contributed by atoms with E-state index < -0.39 is 12.0 Å². The van der Waals surface area contributed by atoms with Gasteiger partial charge in [0.2, 0.25) is 0 Å². The van der Waals surface area contributed by atoms with Crippen LogP contribution in [0.25, 0.3) is 0 Å². The van der Waals surface area contributed by atoms with Gasteiger partial charge >= 0.3 is 5.97 Å². The second-order valence-electron chi connectivity index (χ2n) is 4.50. The first-order chi connectivity index (χ1) is 9.67. The molecule has 1 aromatic rings. The van der Waals surface area contributed by atoms with Crippen LogP contribution < -0.4 is 9.47 Å². The first-order valence-corrected chi connectivity index (χ1v) is 6.44. The largest absolute Gasteiger partial charge is 0.497 e. The fourth-order valence-electron chi connectivity index (χ4n) is 2.37. The fourth-order valence-corrected chi connectivity index (χ4v) is 2.37. The molecule has 1 aliphatic rings. The minimum atomic E-state index is -0.893. The van der Waals surface area contributed by atoms with Gasteiger partial charge < -0.3 is 19.3 Å². The van der Waals surface area contributed by atoms with Crippen LogP contribution in [0, 0.1) is 0 Å². The average Bonchev–Trinajstić information content (AvgIpc) is 2.48. The van der Waals surface area contributed by atoms with E-state index >= 15 is 0 Å². The second-order valence-corrected chi connectivity index (χ2v) is 4.50. The molecule has 1 N–H and O–H groups in total. The van der Waals surface area contributed by atoms with Crippen molar-refractivity contribution in [2.45, 2.75) is 6.04 Å². The van der Waals surface area contributed by atoms with E-state index in [1.807, 2.05) is 4.90 Å². The van der Waals surface area contributed by atoms with Gasteiger partial charge in [-0.15, -0.1) is 0 Å². The van der Waals surface area contributed by atoms with Crippen molar-refractivity contribution in [3.63, 3.8) is 0 Å². The van der Waals surface area contributed by atoms with Crippen LogP contribution in [-0.4, -0.2) is 56.5 Å². The molecule has 0 aromatic heterocycles. The van der Waals surface area contributed by atoms with Crippen molar-refractivity contribution in [2.24, 2.45) is 0 Å². The Labute approximate surface area is 117 Å². The van der Waals surface area contributed by atoms with Crippen molar-refractivity contribution in [1.29, 1.82) is 0 Å². The summed E-state index contributed by atoms with van der Waals surface area (Å²) in [4.78, 5) is 13.5. The monoisotopic (exact) mass is 281 g/mol. The van der Waals surface area contributed by atoms with Crippen LogP contribution in [0.15, 0.2) is 18.2 Å². The number of hydrogen-bond acceptors (Lipinski definition) is 5. The highest BCUT2D eigenvalue weighted by atomic mass is 16.5. The minimum Gasteiger partial charge on any atom is -0.497 e. The lowest BCUT2D eigenvalue weighted by Gasteiger charge is -2.32. The summed E-state index contributed by atoms with van der Waals surface area (Å²) < 4.78 is 15.7. The summed E-state index contributed by atoms with van der Waals surface area (Å²) in [6.07, 6.45) is 0. The molecule has 6 heteroatoms. The van der Waals surface area contributed by atoms with E-state index in [9.17, 15) is 9.90 Å². The molecule has 1 atom stereocenters. The van der Waals surface area contributed by atoms with E-state index in [0.29, 0.717) is 43.4 Å². The summed E-state index contributed by atoms with van der Waals surface area (Å²) in [5.41, 5.74) is 0.628. The molecule has 1 aromatic carbocycles. The molecule has 0 amide bonds. The van der Waals surface area contributed by atoms with Crippen LogP contribution in [0.2, 0.25) is 0 Å². The van der Waals surface area contributed by atoms with Crippen molar-refractivity contribution in [2.75, 3.05) is 40.5 Å². The highest BCUT2D eigenvalue weighted by molar-refractivity contribution is 5.77. The molecule has 2 rings (SSSR count). The van der Waals surface area contributed by atoms with Crippen LogP contribution in [0.1, 0.15) is 11.6 Å². The number of methoxy groups -OCH3 is 2. The van der Waals surface area contributed by atoms with Crippen molar-refractivity contribution in [1.82, 2.24) is 4.90 Å². The second kappa shape index (κ2) is 6.58. The highest BCUT2D eigenvalue weighted by Gasteiger charge is 2.31. The molecule has 1 fully saturated rings. The van der Waals surface area contributed by atoms with Crippen molar-refractivity contribution < 1.29 is 24.1 Å². The predicted octanol–water partition coefficient (Wildman–Crippen LogP) is 1.16. The summed E-state index contributed by atoms with van der Waals surface area (Å²) in [5.74, 6) is 0.260. The maximum atomic E-state index is 11.7. The maximum absolute atomic E-state index is 11.7. The van der Waals surface area contributed by atoms with Gasteiger partial charge in [-0.25, -0.2) is 0 Å². The number of hydrogen-bond donors (Lipinski definition) is 1. The average molecular weight is 281 g/mol. The lowest BCUT2D eigenvalue weighted by Crippen LogP contribution is -2.42. The Morgan fingerprint density at radius 1 is 1.30 bits per heavy atom. The van der Waals surface area contributed by atoms with Crippen LogP contribution in [-0.2, 0) is 9.53 Å². The molecule has 110 valence electrons. The predicted molar refractivity (Wildman–Crippen MR) is 72.3 cm³/mol. The summed E-state index contributed by atoms with van der Waals surface area (Å²) in [7, 11) is 3.08. The van der Waals surface area contributed by atoms with Gasteiger partial charge in [0.25, 0.3) is 0 Å². The molecule has 0 aliphatic carbocycles. The number of benzene rings is 1. The first kappa shape index (κ1) is 14.6. The SMILES string of the molecule is COc1ccc(C(C(=O)O)N2CCOCC2)c(OC)c1. The number of aliphatic carboxylic acids is 1. The zero-order chi connectivity index (χ0) is 14.5. The molecule has 0 saturated carbocycles. The lowest BCUT2D eigenvalue weighted by molar-refractivity contribution is -0.145. The molecular formula is C14H19NO5. The molecule has 0 radical (unpaired) electrons. The van der Waals surface area contributed by atoms with Gasteiger partial charge in [0.15, 0.2) is 0 Å². The van der Waals surface area contributed by atoms with E-state index in [-0.39, 0.29) is 0 Å². The Balaban J connectivity index is 2.35. The molecular weight excluding hydrogens is 262 g/mol. The van der Waals surface area contributed by atoms with E-state index in [1.165, 1.54) is 7.11 Å². The fraction of sp³-hybridized carbons (Fsp3) is 0.500. The van der Waals surface area contributed by atoms with Crippen molar-refractivity contribution in [3.05, 3.63) is 23.8 Å². The van der Waals surface area contributed by atoms with Gasteiger partial charge in [-0.1, -0.05) is 0 Å². The third-order valence-electron chi connectivity index (χ3n) is 3.38. The molecule has 20 heavy (non-hydrogen) atoms. The van der Waals surface area contributed by atoms with Gasteiger partial charge in [-0.3, -0.25) is 9.69 Å². The normalized spacial score (nSPS) is 17.5. The molecule has 1 aliphatic heterocycles. The molecule has 6 nitrogen and oxygen atoms in total. The van der Waals surface area contributed by atoms with Gasteiger partial charge in [-0.2, -0.15) is 0 Å². The van der Waals surface area contributed by atoms with E-state index in [1.54, 1.807) is 25.3 Å². The zero-order valence-electron chi connectivity index (χ0n) is 11.7. The third kappa shape index (κ3) is 3.02. The number of carbonyl (C=O) groups is 1. The standard InChI is InChI=1S/C14H19NO5/c1-18-10-3-4-11(12(9-10)19-2)13(14(16)17)15-5-7-20-8-6-15/h3-4,9,13H,5-8H2,1-2H3,(H,16,17). The molecule has 1 heterocycles. The van der Waals surface area contributed by atoms with Gasteiger partial charge in [-0.05, 0) is 12.1 Å². The first-order valence-electron chi connectivity index (χ1n) is 6.44. The third-order valence-corrected chi connectivity index (χ3v) is 3.38. The number of carboxylic acid groups (broad SMARTS) is 1. The Kier molecular flexibility index (Phi) is 4.81. The Morgan fingerprint density at radius 2 is 2.00 bits per heavy atom. The van der Waals surface area contributed by atoms with Crippen molar-refractivity contribution in [3.8, 4) is 11.5 Å². The Bertz CT molecular complexity index is 471. The number of carboxylic acids is 1. The van der Waals surface area contributed by atoms with E-state index in [4.69, 9.17) is 14.2 Å². The van der Waals surface area contributed by atoms with Gasteiger partial charge in [0.05, 0.1) is 27.4 Å². The lowest BCUT2D eigenvalue weighted by atomic mass is 10.0. The number of rotatable bonds is 5. The van der Waals surface area contributed by atoms with Crippen LogP contribution in [0.3, 0.4) is 0 Å². The summed E-state index contributed by atoms with van der Waals surface area (Å²) >= 11 is 0. The smallest absolute Gasteiger partial charge is 0.325 e. The maximum Gasteiger partial charge on any atom is 0.325 e.